The number of amides is 1. The number of benzene rings is 3. The molecule has 0 atom stereocenters. The predicted octanol–water partition coefficient (Wildman–Crippen LogP) is 4.27. The molecule has 0 saturated carbocycles. The number of para-hydroxylation sites is 1. The Hall–Kier alpha value is -3.40. The van der Waals surface area contributed by atoms with Crippen molar-refractivity contribution in [2.45, 2.75) is 6.54 Å². The normalized spacial score (nSPS) is 10.6. The van der Waals surface area contributed by atoms with Crippen molar-refractivity contribution in [2.75, 3.05) is 11.5 Å². The van der Waals surface area contributed by atoms with Gasteiger partial charge < -0.3 is 9.74 Å². The van der Waals surface area contributed by atoms with Gasteiger partial charge in [-0.2, -0.15) is 0 Å². The van der Waals surface area contributed by atoms with E-state index in [-0.39, 0.29) is 12.5 Å². The molecule has 0 spiro atoms. The van der Waals surface area contributed by atoms with Gasteiger partial charge in [0.15, 0.2) is 6.61 Å². The molecule has 0 heterocycles. The van der Waals surface area contributed by atoms with Gasteiger partial charge in [-0.25, -0.2) is 0 Å². The van der Waals surface area contributed by atoms with Crippen LogP contribution in [-0.4, -0.2) is 18.7 Å². The Balaban J connectivity index is 1.66. The van der Waals surface area contributed by atoms with Crippen LogP contribution in [-0.2, 0) is 16.2 Å². The summed E-state index contributed by atoms with van der Waals surface area (Å²) in [5.41, 5.74) is 2.80. The fourth-order valence-electron chi connectivity index (χ4n) is 2.51. The van der Waals surface area contributed by atoms with E-state index >= 15 is 0 Å². The molecule has 4 heteroatoms. The van der Waals surface area contributed by atoms with Crippen molar-refractivity contribution in [1.29, 1.82) is 0 Å². The fourth-order valence-corrected chi connectivity index (χ4v) is 2.51. The second-order valence-electron chi connectivity index (χ2n) is 5.72. The Kier molecular flexibility index (Phi) is 6.15. The summed E-state index contributed by atoms with van der Waals surface area (Å²) in [7, 11) is 0. The largest absolute Gasteiger partial charge is 0.386 e. The van der Waals surface area contributed by atoms with Crippen LogP contribution in [0.2, 0.25) is 0 Å². The highest BCUT2D eigenvalue weighted by Crippen LogP contribution is 2.17. The lowest BCUT2D eigenvalue weighted by Gasteiger charge is -2.22. The van der Waals surface area contributed by atoms with E-state index < -0.39 is 0 Å². The number of carbonyl (C=O) groups is 1. The lowest BCUT2D eigenvalue weighted by molar-refractivity contribution is -0.123. The van der Waals surface area contributed by atoms with Crippen molar-refractivity contribution in [3.8, 4) is 0 Å². The molecule has 0 aliphatic heterocycles. The van der Waals surface area contributed by atoms with Gasteiger partial charge in [0.1, 0.15) is 0 Å². The van der Waals surface area contributed by atoms with Crippen LogP contribution in [0.4, 0.5) is 5.69 Å². The molecule has 4 nitrogen and oxygen atoms in total. The second kappa shape index (κ2) is 9.18. The maximum absolute atomic E-state index is 12.7. The average Bonchev–Trinajstić information content (AvgIpc) is 2.71. The van der Waals surface area contributed by atoms with Crippen molar-refractivity contribution in [2.24, 2.45) is 5.16 Å². The first-order valence-electron chi connectivity index (χ1n) is 8.42. The first-order valence-corrected chi connectivity index (χ1v) is 8.42. The standard InChI is InChI=1S/C22H20N2O2/c25-22(18-26-23-16-19-10-4-1-5-11-19)24(21-14-8-3-9-15-21)17-20-12-6-2-7-13-20/h1-16H,17-18H2/b23-16+. The summed E-state index contributed by atoms with van der Waals surface area (Å²) < 4.78 is 0. The molecule has 0 fully saturated rings. The monoisotopic (exact) mass is 344 g/mol. The van der Waals surface area contributed by atoms with Gasteiger partial charge in [-0.15, -0.1) is 0 Å². The minimum Gasteiger partial charge on any atom is -0.386 e. The van der Waals surface area contributed by atoms with Crippen molar-refractivity contribution < 1.29 is 9.63 Å². The molecule has 3 aromatic carbocycles. The van der Waals surface area contributed by atoms with E-state index in [2.05, 4.69) is 5.16 Å². The van der Waals surface area contributed by atoms with Crippen LogP contribution in [0.3, 0.4) is 0 Å². The molecule has 0 N–H and O–H groups in total. The molecule has 0 aliphatic rings. The number of anilines is 1. The average molecular weight is 344 g/mol. The van der Waals surface area contributed by atoms with Gasteiger partial charge in [0.25, 0.3) is 5.91 Å². The summed E-state index contributed by atoms with van der Waals surface area (Å²) >= 11 is 0. The van der Waals surface area contributed by atoms with Gasteiger partial charge in [0.05, 0.1) is 12.8 Å². The van der Waals surface area contributed by atoms with Gasteiger partial charge in [0, 0.05) is 5.69 Å². The molecule has 0 aromatic heterocycles. The van der Waals surface area contributed by atoms with E-state index in [0.29, 0.717) is 6.54 Å². The molecule has 130 valence electrons. The highest BCUT2D eigenvalue weighted by Gasteiger charge is 2.16. The zero-order valence-electron chi connectivity index (χ0n) is 14.4. The van der Waals surface area contributed by atoms with Crippen LogP contribution < -0.4 is 4.90 Å². The first kappa shape index (κ1) is 17.4. The maximum atomic E-state index is 12.7. The fraction of sp³-hybridized carbons (Fsp3) is 0.0909. The number of hydrogen-bond acceptors (Lipinski definition) is 3. The Morgan fingerprint density at radius 2 is 1.42 bits per heavy atom. The molecule has 3 rings (SSSR count). The highest BCUT2D eigenvalue weighted by molar-refractivity contribution is 5.94. The zero-order valence-corrected chi connectivity index (χ0v) is 14.4. The van der Waals surface area contributed by atoms with E-state index in [0.717, 1.165) is 16.8 Å². The Bertz CT molecular complexity index is 834. The third-order valence-electron chi connectivity index (χ3n) is 3.82. The van der Waals surface area contributed by atoms with Crippen LogP contribution >= 0.6 is 0 Å². The first-order chi connectivity index (χ1) is 12.8. The van der Waals surface area contributed by atoms with Crippen LogP contribution in [0.25, 0.3) is 0 Å². The molecule has 0 unspecified atom stereocenters. The molecule has 0 saturated heterocycles. The van der Waals surface area contributed by atoms with E-state index in [1.807, 2.05) is 91.0 Å². The van der Waals surface area contributed by atoms with Gasteiger partial charge in [0.2, 0.25) is 0 Å². The van der Waals surface area contributed by atoms with Crippen molar-refractivity contribution in [1.82, 2.24) is 0 Å². The van der Waals surface area contributed by atoms with E-state index in [1.165, 1.54) is 0 Å². The quantitative estimate of drug-likeness (QED) is 0.474. The Labute approximate surface area is 153 Å². The van der Waals surface area contributed by atoms with Crippen molar-refractivity contribution in [3.63, 3.8) is 0 Å². The van der Waals surface area contributed by atoms with Crippen LogP contribution in [0, 0.1) is 0 Å². The number of carbonyl (C=O) groups excluding carboxylic acids is 1. The van der Waals surface area contributed by atoms with Crippen molar-refractivity contribution in [3.05, 3.63) is 102 Å². The van der Waals surface area contributed by atoms with E-state index in [4.69, 9.17) is 4.84 Å². The smallest absolute Gasteiger partial charge is 0.268 e. The Morgan fingerprint density at radius 3 is 2.08 bits per heavy atom. The molecule has 26 heavy (non-hydrogen) atoms. The molecular weight excluding hydrogens is 324 g/mol. The number of nitrogens with zero attached hydrogens (tertiary/aromatic N) is 2. The minimum absolute atomic E-state index is 0.120. The summed E-state index contributed by atoms with van der Waals surface area (Å²) in [6.07, 6.45) is 1.59. The molecule has 0 bridgehead atoms. The lowest BCUT2D eigenvalue weighted by Crippen LogP contribution is -2.33. The van der Waals surface area contributed by atoms with E-state index in [9.17, 15) is 4.79 Å². The van der Waals surface area contributed by atoms with Gasteiger partial charge in [-0.3, -0.25) is 4.79 Å². The predicted molar refractivity (Wildman–Crippen MR) is 104 cm³/mol. The lowest BCUT2D eigenvalue weighted by atomic mass is 10.2. The van der Waals surface area contributed by atoms with Gasteiger partial charge in [-0.05, 0) is 23.3 Å². The summed E-state index contributed by atoms with van der Waals surface area (Å²) in [5.74, 6) is -0.148. The molecule has 0 radical (unpaired) electrons. The zero-order chi connectivity index (χ0) is 18.0. The van der Waals surface area contributed by atoms with Gasteiger partial charge >= 0.3 is 0 Å². The number of hydrogen-bond donors (Lipinski definition) is 0. The van der Waals surface area contributed by atoms with Crippen molar-refractivity contribution >= 4 is 17.8 Å². The van der Waals surface area contributed by atoms with Crippen LogP contribution in [0.15, 0.2) is 96.2 Å². The van der Waals surface area contributed by atoms with E-state index in [1.54, 1.807) is 11.1 Å². The molecule has 0 aliphatic carbocycles. The summed E-state index contributed by atoms with van der Waals surface area (Å²) in [4.78, 5) is 19.6. The third kappa shape index (κ3) is 5.05. The second-order valence-corrected chi connectivity index (χ2v) is 5.72. The summed E-state index contributed by atoms with van der Waals surface area (Å²) in [5, 5.41) is 3.89. The number of oxime groups is 1. The maximum Gasteiger partial charge on any atom is 0.268 e. The molecule has 1 amide bonds. The summed E-state index contributed by atoms with van der Waals surface area (Å²) in [6, 6.07) is 29.1. The topological polar surface area (TPSA) is 41.9 Å². The van der Waals surface area contributed by atoms with Crippen LogP contribution in [0.1, 0.15) is 11.1 Å². The summed E-state index contributed by atoms with van der Waals surface area (Å²) in [6.45, 7) is 0.362. The molecule has 3 aromatic rings. The number of rotatable bonds is 7. The Morgan fingerprint density at radius 1 is 0.846 bits per heavy atom. The highest BCUT2D eigenvalue weighted by atomic mass is 16.6. The minimum atomic E-state index is -0.148. The van der Waals surface area contributed by atoms with Gasteiger partial charge in [-0.1, -0.05) is 84.0 Å². The SMILES string of the molecule is O=C(CO/N=C/c1ccccc1)N(Cc1ccccc1)c1ccccc1. The molecular formula is C22H20N2O2. The van der Waals surface area contributed by atoms with Crippen LogP contribution in [0.5, 0.6) is 0 Å². The third-order valence-corrected chi connectivity index (χ3v) is 3.82.